The Labute approximate surface area is 165 Å². The first kappa shape index (κ1) is 17.1. The quantitative estimate of drug-likeness (QED) is 0.330. The molecular formula is C26H23FN+. The van der Waals surface area contributed by atoms with Crippen LogP contribution in [0.15, 0.2) is 78.9 Å². The zero-order valence-electron chi connectivity index (χ0n) is 16.2. The van der Waals surface area contributed by atoms with Crippen molar-refractivity contribution in [1.29, 1.82) is 0 Å². The average molecular weight is 368 g/mol. The third-order valence-corrected chi connectivity index (χ3v) is 6.03. The third kappa shape index (κ3) is 2.72. The van der Waals surface area contributed by atoms with Gasteiger partial charge in [-0.15, -0.1) is 0 Å². The number of benzene rings is 3. The summed E-state index contributed by atoms with van der Waals surface area (Å²) in [7, 11) is 0. The van der Waals surface area contributed by atoms with Crippen molar-refractivity contribution in [3.8, 4) is 22.4 Å². The first-order valence-electron chi connectivity index (χ1n) is 9.95. The van der Waals surface area contributed by atoms with Gasteiger partial charge in [0.15, 0.2) is 6.04 Å². The molecule has 2 atom stereocenters. The SMILES string of the molecule is CC1CC(C)[n+]2c(ccc3cc(-c4ccccc4)ccc32)-c2cc(F)ccc21. The number of nitrogens with zero attached hydrogens (tertiary/aromatic N) is 1. The Bertz CT molecular complexity index is 1180. The minimum absolute atomic E-state index is 0.174. The summed E-state index contributed by atoms with van der Waals surface area (Å²) in [6, 6.07) is 27.0. The number of aromatic nitrogens is 1. The summed E-state index contributed by atoms with van der Waals surface area (Å²) in [4.78, 5) is 0. The highest BCUT2D eigenvalue weighted by molar-refractivity contribution is 5.84. The largest absolute Gasteiger partial charge is 0.213 e. The monoisotopic (exact) mass is 368 g/mol. The van der Waals surface area contributed by atoms with Gasteiger partial charge in [-0.05, 0) is 59.9 Å². The van der Waals surface area contributed by atoms with E-state index in [0.29, 0.717) is 12.0 Å². The van der Waals surface area contributed by atoms with E-state index in [1.807, 2.05) is 12.1 Å². The Hall–Kier alpha value is -3.00. The molecule has 1 aromatic heterocycles. The lowest BCUT2D eigenvalue weighted by Crippen LogP contribution is -2.40. The van der Waals surface area contributed by atoms with Gasteiger partial charge in [-0.3, -0.25) is 0 Å². The lowest BCUT2D eigenvalue weighted by molar-refractivity contribution is -0.684. The van der Waals surface area contributed by atoms with E-state index in [9.17, 15) is 4.39 Å². The topological polar surface area (TPSA) is 3.88 Å². The maximum atomic E-state index is 14.1. The molecule has 2 heterocycles. The van der Waals surface area contributed by atoms with Gasteiger partial charge in [-0.25, -0.2) is 4.39 Å². The van der Waals surface area contributed by atoms with Crippen molar-refractivity contribution in [1.82, 2.24) is 0 Å². The molecule has 1 nitrogen and oxygen atoms in total. The Morgan fingerprint density at radius 3 is 2.46 bits per heavy atom. The van der Waals surface area contributed by atoms with Crippen LogP contribution in [0.25, 0.3) is 33.3 Å². The lowest BCUT2D eigenvalue weighted by Gasteiger charge is -2.12. The van der Waals surface area contributed by atoms with Crippen LogP contribution in [-0.4, -0.2) is 0 Å². The summed E-state index contributed by atoms with van der Waals surface area (Å²) in [6.45, 7) is 4.52. The highest BCUT2D eigenvalue weighted by Crippen LogP contribution is 2.37. The molecule has 2 heteroatoms. The molecule has 3 aromatic carbocycles. The van der Waals surface area contributed by atoms with Gasteiger partial charge in [0.05, 0.1) is 5.56 Å². The van der Waals surface area contributed by atoms with E-state index in [-0.39, 0.29) is 5.82 Å². The van der Waals surface area contributed by atoms with Crippen LogP contribution in [-0.2, 0) is 0 Å². The Morgan fingerprint density at radius 1 is 0.821 bits per heavy atom. The van der Waals surface area contributed by atoms with Gasteiger partial charge in [0.1, 0.15) is 5.82 Å². The van der Waals surface area contributed by atoms with Crippen molar-refractivity contribution in [3.63, 3.8) is 0 Å². The van der Waals surface area contributed by atoms with Crippen LogP contribution in [0.1, 0.15) is 37.8 Å². The third-order valence-electron chi connectivity index (χ3n) is 6.03. The minimum Gasteiger partial charge on any atom is -0.207 e. The first-order chi connectivity index (χ1) is 13.6. The van der Waals surface area contributed by atoms with Crippen LogP contribution in [0.3, 0.4) is 0 Å². The van der Waals surface area contributed by atoms with Crippen molar-refractivity contribution in [2.45, 2.75) is 32.2 Å². The standard InChI is InChI=1S/C26H23FN/c1-17-14-18(2)28-25-12-8-20(19-6-4-3-5-7-19)15-21(25)9-13-26(28)24-16-22(27)10-11-23(17)24/h3-13,15-18H,14H2,1-2H3/q+1. The van der Waals surface area contributed by atoms with Crippen LogP contribution in [0.2, 0.25) is 0 Å². The Kier molecular flexibility index (Phi) is 4.01. The van der Waals surface area contributed by atoms with Crippen LogP contribution in [0.5, 0.6) is 0 Å². The summed E-state index contributed by atoms with van der Waals surface area (Å²) in [6.07, 6.45) is 1.04. The average Bonchev–Trinajstić information content (AvgIpc) is 2.82. The molecule has 5 rings (SSSR count). The molecule has 1 aliphatic heterocycles. The van der Waals surface area contributed by atoms with Crippen molar-refractivity contribution in [2.24, 2.45) is 0 Å². The number of pyridine rings is 1. The fraction of sp³-hybridized carbons (Fsp3) is 0.192. The lowest BCUT2D eigenvalue weighted by atomic mass is 9.91. The van der Waals surface area contributed by atoms with E-state index >= 15 is 0 Å². The van der Waals surface area contributed by atoms with Gasteiger partial charge in [0.2, 0.25) is 11.2 Å². The number of halogens is 1. The van der Waals surface area contributed by atoms with E-state index < -0.39 is 0 Å². The fourth-order valence-electron chi connectivity index (χ4n) is 4.71. The molecule has 0 spiro atoms. The zero-order valence-corrected chi connectivity index (χ0v) is 16.2. The maximum absolute atomic E-state index is 14.1. The Morgan fingerprint density at radius 2 is 1.64 bits per heavy atom. The number of hydrogen-bond donors (Lipinski definition) is 0. The molecular weight excluding hydrogens is 345 g/mol. The molecule has 0 N–H and O–H groups in total. The number of hydrogen-bond acceptors (Lipinski definition) is 0. The molecule has 0 fully saturated rings. The molecule has 0 saturated heterocycles. The second-order valence-electron chi connectivity index (χ2n) is 7.95. The van der Waals surface area contributed by atoms with Crippen molar-refractivity contribution >= 4 is 10.9 Å². The predicted octanol–water partition coefficient (Wildman–Crippen LogP) is 6.67. The highest BCUT2D eigenvalue weighted by Gasteiger charge is 2.31. The molecule has 0 bridgehead atoms. The molecule has 0 aliphatic carbocycles. The second kappa shape index (κ2) is 6.56. The molecule has 138 valence electrons. The van der Waals surface area contributed by atoms with Gasteiger partial charge in [-0.1, -0.05) is 43.3 Å². The van der Waals surface area contributed by atoms with Crippen molar-refractivity contribution in [3.05, 3.63) is 90.2 Å². The molecule has 2 unspecified atom stereocenters. The summed E-state index contributed by atoms with van der Waals surface area (Å²) < 4.78 is 16.5. The smallest absolute Gasteiger partial charge is 0.207 e. The molecule has 0 saturated carbocycles. The first-order valence-corrected chi connectivity index (χ1v) is 9.95. The zero-order chi connectivity index (χ0) is 19.3. The van der Waals surface area contributed by atoms with E-state index in [4.69, 9.17) is 0 Å². The number of fused-ring (bicyclic) bond motifs is 5. The summed E-state index contributed by atoms with van der Waals surface area (Å²) in [5.41, 5.74) is 7.00. The summed E-state index contributed by atoms with van der Waals surface area (Å²) in [5, 5.41) is 1.21. The molecule has 0 radical (unpaired) electrons. The summed E-state index contributed by atoms with van der Waals surface area (Å²) in [5.74, 6) is 0.218. The van der Waals surface area contributed by atoms with Crippen LogP contribution in [0.4, 0.5) is 4.39 Å². The molecule has 4 aromatic rings. The molecule has 1 aliphatic rings. The molecule has 0 amide bonds. The van der Waals surface area contributed by atoms with Gasteiger partial charge >= 0.3 is 0 Å². The minimum atomic E-state index is -0.174. The van der Waals surface area contributed by atoms with Gasteiger partial charge < -0.3 is 0 Å². The van der Waals surface area contributed by atoms with Gasteiger partial charge in [0.25, 0.3) is 0 Å². The normalized spacial score (nSPS) is 18.4. The maximum Gasteiger partial charge on any atom is 0.213 e. The Balaban J connectivity index is 1.76. The number of rotatable bonds is 1. The highest BCUT2D eigenvalue weighted by atomic mass is 19.1. The van der Waals surface area contributed by atoms with Gasteiger partial charge in [-0.2, -0.15) is 4.57 Å². The fourth-order valence-corrected chi connectivity index (χ4v) is 4.71. The van der Waals surface area contributed by atoms with Crippen LogP contribution in [0, 0.1) is 5.82 Å². The van der Waals surface area contributed by atoms with E-state index in [0.717, 1.165) is 17.7 Å². The van der Waals surface area contributed by atoms with Gasteiger partial charge in [0, 0.05) is 23.9 Å². The van der Waals surface area contributed by atoms with E-state index in [2.05, 4.69) is 73.0 Å². The van der Waals surface area contributed by atoms with E-state index in [1.54, 1.807) is 12.1 Å². The molecule has 28 heavy (non-hydrogen) atoms. The van der Waals surface area contributed by atoms with E-state index in [1.165, 1.54) is 27.6 Å². The van der Waals surface area contributed by atoms with Crippen molar-refractivity contribution < 1.29 is 8.96 Å². The second-order valence-corrected chi connectivity index (χ2v) is 7.95. The van der Waals surface area contributed by atoms with Crippen LogP contribution >= 0.6 is 0 Å². The predicted molar refractivity (Wildman–Crippen MR) is 113 cm³/mol. The summed E-state index contributed by atoms with van der Waals surface area (Å²) >= 11 is 0. The van der Waals surface area contributed by atoms with Crippen LogP contribution < -0.4 is 4.57 Å². The van der Waals surface area contributed by atoms with Crippen molar-refractivity contribution in [2.75, 3.05) is 0 Å².